The molecule has 0 amide bonds. The SMILES string of the molecule is CCOC(=O)c1cnn(-c2nc(OC)c3c(cnn3CCC(c3ccccc3)c3ccccc3)n2)c1. The quantitative estimate of drug-likeness (QED) is 0.287. The lowest BCUT2D eigenvalue weighted by Gasteiger charge is -2.18. The summed E-state index contributed by atoms with van der Waals surface area (Å²) in [7, 11) is 1.56. The second-order valence-corrected chi connectivity index (χ2v) is 8.19. The van der Waals surface area contributed by atoms with Crippen molar-refractivity contribution in [3.63, 3.8) is 0 Å². The van der Waals surface area contributed by atoms with E-state index in [-0.39, 0.29) is 18.5 Å². The first-order chi connectivity index (χ1) is 17.7. The number of ether oxygens (including phenoxy) is 2. The highest BCUT2D eigenvalue weighted by Gasteiger charge is 2.19. The zero-order valence-electron chi connectivity index (χ0n) is 20.1. The number of carbonyl (C=O) groups is 1. The maximum atomic E-state index is 12.0. The molecule has 0 saturated carbocycles. The van der Waals surface area contributed by atoms with Crippen LogP contribution >= 0.6 is 0 Å². The van der Waals surface area contributed by atoms with E-state index in [9.17, 15) is 4.79 Å². The van der Waals surface area contributed by atoms with Gasteiger partial charge in [-0.25, -0.2) is 14.5 Å². The smallest absolute Gasteiger partial charge is 0.341 e. The lowest BCUT2D eigenvalue weighted by Crippen LogP contribution is -2.10. The highest BCUT2D eigenvalue weighted by molar-refractivity contribution is 5.88. The van der Waals surface area contributed by atoms with Gasteiger partial charge in [-0.3, -0.25) is 4.68 Å². The monoisotopic (exact) mass is 482 g/mol. The van der Waals surface area contributed by atoms with Crippen molar-refractivity contribution in [3.05, 3.63) is 95.9 Å². The zero-order valence-corrected chi connectivity index (χ0v) is 20.1. The summed E-state index contributed by atoms with van der Waals surface area (Å²) in [4.78, 5) is 21.2. The minimum atomic E-state index is -0.448. The van der Waals surface area contributed by atoms with E-state index in [2.05, 4.69) is 68.7 Å². The molecule has 0 bridgehead atoms. The highest BCUT2D eigenvalue weighted by Crippen LogP contribution is 2.30. The normalized spacial score (nSPS) is 11.2. The number of esters is 1. The van der Waals surface area contributed by atoms with Crippen molar-refractivity contribution in [2.24, 2.45) is 0 Å². The Hall–Kier alpha value is -4.53. The molecule has 5 rings (SSSR count). The number of aryl methyl sites for hydroxylation is 1. The lowest BCUT2D eigenvalue weighted by atomic mass is 9.88. The van der Waals surface area contributed by atoms with Gasteiger partial charge in [-0.05, 0) is 24.5 Å². The van der Waals surface area contributed by atoms with E-state index in [1.54, 1.807) is 20.2 Å². The summed E-state index contributed by atoms with van der Waals surface area (Å²) in [5.74, 6) is 0.428. The van der Waals surface area contributed by atoms with E-state index in [0.29, 0.717) is 29.0 Å². The maximum Gasteiger partial charge on any atom is 0.341 e. The Morgan fingerprint density at radius 1 is 0.944 bits per heavy atom. The molecule has 0 aliphatic heterocycles. The molecule has 3 aromatic heterocycles. The van der Waals surface area contributed by atoms with E-state index in [1.807, 2.05) is 16.8 Å². The third-order valence-electron chi connectivity index (χ3n) is 5.97. The second kappa shape index (κ2) is 10.4. The molecule has 0 aliphatic rings. The number of hydrogen-bond donors (Lipinski definition) is 0. The first-order valence-corrected chi connectivity index (χ1v) is 11.8. The predicted octanol–water partition coefficient (Wildman–Crippen LogP) is 4.42. The molecular weight excluding hydrogens is 456 g/mol. The first kappa shape index (κ1) is 23.2. The van der Waals surface area contributed by atoms with E-state index in [1.165, 1.54) is 28.2 Å². The number of rotatable bonds is 9. The Bertz CT molecular complexity index is 1420. The average molecular weight is 483 g/mol. The summed E-state index contributed by atoms with van der Waals surface area (Å²) in [6.07, 6.45) is 5.48. The number of nitrogens with zero attached hydrogens (tertiary/aromatic N) is 6. The Balaban J connectivity index is 1.44. The third kappa shape index (κ3) is 4.68. The van der Waals surface area contributed by atoms with Crippen LogP contribution in [-0.2, 0) is 11.3 Å². The molecule has 3 heterocycles. The van der Waals surface area contributed by atoms with Crippen LogP contribution in [0.25, 0.3) is 17.0 Å². The molecule has 0 N–H and O–H groups in total. The summed E-state index contributed by atoms with van der Waals surface area (Å²) in [5, 5.41) is 8.80. The van der Waals surface area contributed by atoms with Crippen molar-refractivity contribution in [1.29, 1.82) is 0 Å². The van der Waals surface area contributed by atoms with E-state index >= 15 is 0 Å². The van der Waals surface area contributed by atoms with Crippen molar-refractivity contribution in [3.8, 4) is 11.8 Å². The summed E-state index contributed by atoms with van der Waals surface area (Å²) < 4.78 is 13.9. The van der Waals surface area contributed by atoms with Crippen LogP contribution in [0.1, 0.15) is 40.7 Å². The zero-order chi connectivity index (χ0) is 24.9. The number of carbonyl (C=O) groups excluding carboxylic acids is 1. The van der Waals surface area contributed by atoms with E-state index < -0.39 is 5.97 Å². The molecule has 0 fully saturated rings. The van der Waals surface area contributed by atoms with Gasteiger partial charge in [0.2, 0.25) is 5.88 Å². The molecule has 0 aliphatic carbocycles. The summed E-state index contributed by atoms with van der Waals surface area (Å²) >= 11 is 0. The van der Waals surface area contributed by atoms with Gasteiger partial charge in [0.15, 0.2) is 0 Å². The summed E-state index contributed by atoms with van der Waals surface area (Å²) in [6, 6.07) is 20.9. The van der Waals surface area contributed by atoms with Gasteiger partial charge in [-0.2, -0.15) is 15.2 Å². The predicted molar refractivity (Wildman–Crippen MR) is 134 cm³/mol. The maximum absolute atomic E-state index is 12.0. The topological polar surface area (TPSA) is 97.0 Å². The summed E-state index contributed by atoms with van der Waals surface area (Å²) in [5.41, 5.74) is 4.16. The average Bonchev–Trinajstić information content (AvgIpc) is 3.58. The standard InChI is InChI=1S/C27H26N6O3/c1-3-36-26(34)21-16-28-33(18-21)27-30-23-17-29-32(24(23)25(31-27)35-2)15-14-22(19-10-6-4-7-11-19)20-12-8-5-9-13-20/h4-13,16-18,22H,3,14-15H2,1-2H3. The van der Waals surface area contributed by atoms with Gasteiger partial charge < -0.3 is 9.47 Å². The number of aromatic nitrogens is 6. The van der Waals surface area contributed by atoms with E-state index in [4.69, 9.17) is 9.47 Å². The van der Waals surface area contributed by atoms with Gasteiger partial charge in [-0.1, -0.05) is 60.7 Å². The van der Waals surface area contributed by atoms with Crippen LogP contribution in [0.2, 0.25) is 0 Å². The Morgan fingerprint density at radius 3 is 2.28 bits per heavy atom. The fourth-order valence-electron chi connectivity index (χ4n) is 4.27. The van der Waals surface area contributed by atoms with Crippen molar-refractivity contribution >= 4 is 17.0 Å². The van der Waals surface area contributed by atoms with Crippen molar-refractivity contribution in [1.82, 2.24) is 29.5 Å². The number of benzene rings is 2. The van der Waals surface area contributed by atoms with Gasteiger partial charge in [0.05, 0.1) is 31.7 Å². The molecule has 0 spiro atoms. The van der Waals surface area contributed by atoms with Gasteiger partial charge >= 0.3 is 5.97 Å². The molecule has 9 nitrogen and oxygen atoms in total. The first-order valence-electron chi connectivity index (χ1n) is 11.8. The van der Waals surface area contributed by atoms with Crippen molar-refractivity contribution in [2.45, 2.75) is 25.8 Å². The number of fused-ring (bicyclic) bond motifs is 1. The molecule has 0 unspecified atom stereocenters. The molecule has 9 heteroatoms. The van der Waals surface area contributed by atoms with Crippen LogP contribution in [0, 0.1) is 0 Å². The minimum absolute atomic E-state index is 0.211. The van der Waals surface area contributed by atoms with Crippen LogP contribution < -0.4 is 4.74 Å². The molecular formula is C27H26N6O3. The molecule has 182 valence electrons. The molecule has 0 atom stereocenters. The van der Waals surface area contributed by atoms with Gasteiger partial charge in [0, 0.05) is 18.7 Å². The van der Waals surface area contributed by atoms with Crippen LogP contribution in [0.5, 0.6) is 5.88 Å². The second-order valence-electron chi connectivity index (χ2n) is 8.19. The van der Waals surface area contributed by atoms with Crippen LogP contribution in [0.4, 0.5) is 0 Å². The van der Waals surface area contributed by atoms with Gasteiger partial charge in [0.1, 0.15) is 11.0 Å². The van der Waals surface area contributed by atoms with Gasteiger partial charge in [-0.15, -0.1) is 0 Å². The molecule has 36 heavy (non-hydrogen) atoms. The highest BCUT2D eigenvalue weighted by atomic mass is 16.5. The molecule has 0 radical (unpaired) electrons. The number of methoxy groups -OCH3 is 1. The molecule has 5 aromatic rings. The van der Waals surface area contributed by atoms with Crippen molar-refractivity contribution in [2.75, 3.05) is 13.7 Å². The number of hydrogen-bond acceptors (Lipinski definition) is 7. The molecule has 0 saturated heterocycles. The lowest BCUT2D eigenvalue weighted by molar-refractivity contribution is 0.0526. The minimum Gasteiger partial charge on any atom is -0.479 e. The Kier molecular flexibility index (Phi) is 6.70. The van der Waals surface area contributed by atoms with Gasteiger partial charge in [0.25, 0.3) is 5.95 Å². The Morgan fingerprint density at radius 2 is 1.64 bits per heavy atom. The Labute approximate surface area is 208 Å². The fraction of sp³-hybridized carbons (Fsp3) is 0.222. The molecule has 2 aromatic carbocycles. The summed E-state index contributed by atoms with van der Waals surface area (Å²) in [6.45, 7) is 2.68. The van der Waals surface area contributed by atoms with Crippen molar-refractivity contribution < 1.29 is 14.3 Å². The van der Waals surface area contributed by atoms with E-state index in [0.717, 1.165) is 6.42 Å². The fourth-order valence-corrected chi connectivity index (χ4v) is 4.27. The largest absolute Gasteiger partial charge is 0.479 e. The van der Waals surface area contributed by atoms with Crippen LogP contribution in [-0.4, -0.2) is 49.2 Å². The third-order valence-corrected chi connectivity index (χ3v) is 5.97. The van der Waals surface area contributed by atoms with Crippen LogP contribution in [0.3, 0.4) is 0 Å². The van der Waals surface area contributed by atoms with Crippen LogP contribution in [0.15, 0.2) is 79.3 Å².